The molecule has 0 amide bonds. The van der Waals surface area contributed by atoms with E-state index in [1.54, 1.807) is 20.8 Å². The van der Waals surface area contributed by atoms with Gasteiger partial charge in [0.2, 0.25) is 5.88 Å². The van der Waals surface area contributed by atoms with Crippen molar-refractivity contribution < 1.29 is 23.9 Å². The van der Waals surface area contributed by atoms with E-state index in [4.69, 9.17) is 14.2 Å². The fraction of sp³-hybridized carbons (Fsp3) is 0.500. The van der Waals surface area contributed by atoms with Crippen LogP contribution in [-0.2, 0) is 9.47 Å². The molecule has 2 aromatic heterocycles. The minimum Gasteiger partial charge on any atom is -0.468 e. The van der Waals surface area contributed by atoms with Gasteiger partial charge in [-0.15, -0.1) is 9.78 Å². The molecule has 1 aliphatic heterocycles. The quantitative estimate of drug-likeness (QED) is 0.616. The molecule has 0 bridgehead atoms. The minimum atomic E-state index is -0.742. The Labute approximate surface area is 136 Å². The molecule has 0 N–H and O–H groups in total. The summed E-state index contributed by atoms with van der Waals surface area (Å²) in [6, 6.07) is 1.27. The Balaban J connectivity index is 2.05. The van der Waals surface area contributed by atoms with Crippen LogP contribution in [0.1, 0.15) is 20.8 Å². The molecular formula is C14H16N4O6. The van der Waals surface area contributed by atoms with Crippen molar-refractivity contribution in [2.24, 2.45) is 0 Å². The Morgan fingerprint density at radius 2 is 2.17 bits per heavy atom. The number of nitrogens with zero attached hydrogens (tertiary/aromatic N) is 4. The molecule has 0 saturated carbocycles. The number of hydrogen-bond acceptors (Lipinski definition) is 8. The summed E-state index contributed by atoms with van der Waals surface area (Å²) in [7, 11) is 0. The van der Waals surface area contributed by atoms with E-state index in [0.717, 1.165) is 10.9 Å². The van der Waals surface area contributed by atoms with Gasteiger partial charge in [0.25, 0.3) is 5.69 Å². The Morgan fingerprint density at radius 1 is 1.46 bits per heavy atom. The lowest BCUT2D eigenvalue weighted by atomic mass is 10.2. The van der Waals surface area contributed by atoms with E-state index in [2.05, 4.69) is 10.1 Å². The van der Waals surface area contributed by atoms with Crippen molar-refractivity contribution in [1.82, 2.24) is 14.8 Å². The maximum atomic E-state index is 12.3. The summed E-state index contributed by atoms with van der Waals surface area (Å²) in [5.74, 6) is 0.0837. The van der Waals surface area contributed by atoms with Crippen molar-refractivity contribution >= 4 is 22.8 Å². The molecule has 0 unspecified atom stereocenters. The number of aromatic nitrogens is 3. The van der Waals surface area contributed by atoms with Gasteiger partial charge in [0.05, 0.1) is 23.5 Å². The highest BCUT2D eigenvalue weighted by atomic mass is 16.6. The number of carbonyl (C=O) groups excluding carboxylic acids is 1. The monoisotopic (exact) mass is 336 g/mol. The summed E-state index contributed by atoms with van der Waals surface area (Å²) < 4.78 is 16.9. The zero-order valence-corrected chi connectivity index (χ0v) is 13.4. The lowest BCUT2D eigenvalue weighted by molar-refractivity contribution is -0.385. The molecule has 0 spiro atoms. The third kappa shape index (κ3) is 3.13. The molecule has 10 heteroatoms. The van der Waals surface area contributed by atoms with Gasteiger partial charge in [-0.1, -0.05) is 0 Å². The van der Waals surface area contributed by atoms with E-state index >= 15 is 0 Å². The van der Waals surface area contributed by atoms with E-state index in [1.165, 1.54) is 6.07 Å². The van der Waals surface area contributed by atoms with Crippen LogP contribution < -0.4 is 4.74 Å². The average Bonchev–Trinajstić information content (AvgIpc) is 2.79. The number of fused-ring (bicyclic) bond motifs is 1. The maximum Gasteiger partial charge on any atom is 0.437 e. The molecule has 10 nitrogen and oxygen atoms in total. The molecular weight excluding hydrogens is 320 g/mol. The van der Waals surface area contributed by atoms with Gasteiger partial charge >= 0.3 is 6.09 Å². The number of carbonyl (C=O) groups is 1. The van der Waals surface area contributed by atoms with Crippen LogP contribution in [0.4, 0.5) is 10.5 Å². The summed E-state index contributed by atoms with van der Waals surface area (Å²) in [5.41, 5.74) is -0.815. The predicted molar refractivity (Wildman–Crippen MR) is 81.0 cm³/mol. The molecule has 128 valence electrons. The van der Waals surface area contributed by atoms with Crippen LogP contribution >= 0.6 is 0 Å². The van der Waals surface area contributed by atoms with Crippen molar-refractivity contribution in [1.29, 1.82) is 0 Å². The summed E-state index contributed by atoms with van der Waals surface area (Å²) in [6.07, 6.45) is 0.101. The summed E-state index contributed by atoms with van der Waals surface area (Å²) in [5, 5.41) is 15.3. The predicted octanol–water partition coefficient (Wildman–Crippen LogP) is 1.90. The summed E-state index contributed by atoms with van der Waals surface area (Å²) >= 11 is 0. The van der Waals surface area contributed by atoms with Gasteiger partial charge in [-0.2, -0.15) is 0 Å². The highest BCUT2D eigenvalue weighted by Crippen LogP contribution is 2.29. The highest BCUT2D eigenvalue weighted by Gasteiger charge is 2.28. The van der Waals surface area contributed by atoms with Crippen molar-refractivity contribution in [2.45, 2.75) is 32.5 Å². The van der Waals surface area contributed by atoms with E-state index in [1.807, 2.05) is 0 Å². The second-order valence-corrected chi connectivity index (χ2v) is 6.30. The second-order valence-electron chi connectivity index (χ2n) is 6.30. The molecule has 0 atom stereocenters. The molecule has 0 aromatic carbocycles. The van der Waals surface area contributed by atoms with Crippen molar-refractivity contribution in [2.75, 3.05) is 13.2 Å². The molecule has 2 aromatic rings. The van der Waals surface area contributed by atoms with Crippen LogP contribution in [0.3, 0.4) is 0 Å². The van der Waals surface area contributed by atoms with Crippen molar-refractivity contribution in [3.8, 4) is 5.88 Å². The maximum absolute atomic E-state index is 12.3. The van der Waals surface area contributed by atoms with Crippen molar-refractivity contribution in [3.05, 3.63) is 22.4 Å². The fourth-order valence-corrected chi connectivity index (χ4v) is 2.02. The second kappa shape index (κ2) is 5.71. The molecule has 0 radical (unpaired) electrons. The van der Waals surface area contributed by atoms with Gasteiger partial charge in [0.15, 0.2) is 5.65 Å². The highest BCUT2D eigenvalue weighted by molar-refractivity contribution is 5.90. The van der Waals surface area contributed by atoms with Crippen LogP contribution in [0.25, 0.3) is 11.0 Å². The van der Waals surface area contributed by atoms with Gasteiger partial charge in [0.1, 0.15) is 17.9 Å². The molecule has 3 heterocycles. The van der Waals surface area contributed by atoms with E-state index in [0.29, 0.717) is 13.2 Å². The first-order valence-electron chi connectivity index (χ1n) is 7.25. The lowest BCUT2D eigenvalue weighted by Crippen LogP contribution is -2.38. The Kier molecular flexibility index (Phi) is 3.84. The molecule has 24 heavy (non-hydrogen) atoms. The molecule has 0 aliphatic carbocycles. The SMILES string of the molecule is CC(C)(C)OC(=O)n1nc(OC2COC2)c2cc([N+](=O)[O-])cnc21. The first-order chi connectivity index (χ1) is 11.2. The number of hydrogen-bond donors (Lipinski definition) is 0. The molecule has 1 saturated heterocycles. The van der Waals surface area contributed by atoms with Crippen LogP contribution in [0.5, 0.6) is 5.88 Å². The van der Waals surface area contributed by atoms with E-state index in [-0.39, 0.29) is 28.7 Å². The summed E-state index contributed by atoms with van der Waals surface area (Å²) in [6.45, 7) is 5.94. The zero-order valence-electron chi connectivity index (χ0n) is 13.4. The third-order valence-corrected chi connectivity index (χ3v) is 3.14. The van der Waals surface area contributed by atoms with Gasteiger partial charge < -0.3 is 14.2 Å². The standard InChI is InChI=1S/C14H16N4O6/c1-14(2,3)24-13(19)17-11-10(4-8(5-15-11)18(20)21)12(16-17)23-9-6-22-7-9/h4-5,9H,6-7H2,1-3H3. The topological polar surface area (TPSA) is 119 Å². The van der Waals surface area contributed by atoms with Crippen LogP contribution in [0, 0.1) is 10.1 Å². The first kappa shape index (κ1) is 16.1. The molecule has 3 rings (SSSR count). The van der Waals surface area contributed by atoms with Crippen LogP contribution in [0.2, 0.25) is 0 Å². The first-order valence-corrected chi connectivity index (χ1v) is 7.25. The smallest absolute Gasteiger partial charge is 0.437 e. The van der Waals surface area contributed by atoms with Gasteiger partial charge in [0, 0.05) is 6.07 Å². The van der Waals surface area contributed by atoms with Crippen LogP contribution in [-0.4, -0.2) is 50.7 Å². The van der Waals surface area contributed by atoms with Gasteiger partial charge in [-0.25, -0.2) is 9.78 Å². The summed E-state index contributed by atoms with van der Waals surface area (Å²) in [4.78, 5) is 26.7. The lowest BCUT2D eigenvalue weighted by Gasteiger charge is -2.25. The fourth-order valence-electron chi connectivity index (χ4n) is 2.02. The third-order valence-electron chi connectivity index (χ3n) is 3.14. The number of pyridine rings is 1. The molecule has 1 fully saturated rings. The van der Waals surface area contributed by atoms with Gasteiger partial charge in [-0.3, -0.25) is 10.1 Å². The van der Waals surface area contributed by atoms with E-state index in [9.17, 15) is 14.9 Å². The molecule has 1 aliphatic rings. The zero-order chi connectivity index (χ0) is 17.5. The normalized spacial score (nSPS) is 15.1. The van der Waals surface area contributed by atoms with Crippen LogP contribution in [0.15, 0.2) is 12.3 Å². The number of ether oxygens (including phenoxy) is 3. The Morgan fingerprint density at radius 3 is 2.71 bits per heavy atom. The largest absolute Gasteiger partial charge is 0.468 e. The van der Waals surface area contributed by atoms with Gasteiger partial charge in [-0.05, 0) is 20.8 Å². The van der Waals surface area contributed by atoms with E-state index < -0.39 is 16.6 Å². The Bertz CT molecular complexity index is 805. The number of rotatable bonds is 3. The minimum absolute atomic E-state index is 0.0837. The average molecular weight is 336 g/mol. The van der Waals surface area contributed by atoms with Crippen molar-refractivity contribution in [3.63, 3.8) is 0 Å². The Hall–Kier alpha value is -2.75. The number of nitro groups is 1.